The van der Waals surface area contributed by atoms with Gasteiger partial charge in [0.1, 0.15) is 0 Å². The van der Waals surface area contributed by atoms with Crippen molar-refractivity contribution in [2.24, 2.45) is 0 Å². The highest BCUT2D eigenvalue weighted by Gasteiger charge is 2.30. The highest BCUT2D eigenvalue weighted by atomic mass is 35.5. The Morgan fingerprint density at radius 3 is 1.97 bits per heavy atom. The number of hydrogen-bond acceptors (Lipinski definition) is 3. The first-order valence-corrected chi connectivity index (χ1v) is 9.98. The number of nitrogens with one attached hydrogen (secondary N) is 1. The zero-order chi connectivity index (χ0) is 21.1. The summed E-state index contributed by atoms with van der Waals surface area (Å²) >= 11 is 6.01. The number of rotatable bonds is 5. The molecule has 0 aromatic heterocycles. The standard InChI is InChI=1S/C24H19ClN2O3/c25-19-10-6-17(7-11-19)23(16-4-2-1-3-5-16)26-24(30)18-8-12-20(13-9-18)27-21(28)14-15-22(27)29/h1-13,23H,14-15H2,(H,26,30). The molecule has 1 heterocycles. The van der Waals surface area contributed by atoms with Crippen LogP contribution in [0.4, 0.5) is 5.69 Å². The van der Waals surface area contributed by atoms with Crippen molar-refractivity contribution in [2.45, 2.75) is 18.9 Å². The number of halogens is 1. The number of carbonyl (C=O) groups is 3. The molecule has 3 aromatic rings. The summed E-state index contributed by atoms with van der Waals surface area (Å²) in [6.07, 6.45) is 0.446. The summed E-state index contributed by atoms with van der Waals surface area (Å²) in [6, 6.07) is 23.1. The van der Waals surface area contributed by atoms with Crippen LogP contribution in [0.5, 0.6) is 0 Å². The van der Waals surface area contributed by atoms with Crippen molar-refractivity contribution >= 4 is 35.0 Å². The minimum absolute atomic E-state index is 0.218. The lowest BCUT2D eigenvalue weighted by molar-refractivity contribution is -0.121. The van der Waals surface area contributed by atoms with Gasteiger partial charge in [-0.3, -0.25) is 19.3 Å². The monoisotopic (exact) mass is 418 g/mol. The Kier molecular flexibility index (Phi) is 5.63. The number of carbonyl (C=O) groups excluding carboxylic acids is 3. The molecule has 4 rings (SSSR count). The van der Waals surface area contributed by atoms with Crippen LogP contribution in [0, 0.1) is 0 Å². The lowest BCUT2D eigenvalue weighted by Gasteiger charge is -2.20. The molecule has 5 nitrogen and oxygen atoms in total. The average molecular weight is 419 g/mol. The van der Waals surface area contributed by atoms with Crippen LogP contribution in [-0.4, -0.2) is 17.7 Å². The molecule has 150 valence electrons. The molecule has 1 atom stereocenters. The molecule has 0 radical (unpaired) electrons. The third kappa shape index (κ3) is 4.11. The second kappa shape index (κ2) is 8.51. The summed E-state index contributed by atoms with van der Waals surface area (Å²) in [4.78, 5) is 37.9. The fraction of sp³-hybridized carbons (Fsp3) is 0.125. The smallest absolute Gasteiger partial charge is 0.252 e. The minimum atomic E-state index is -0.350. The number of hydrogen-bond donors (Lipinski definition) is 1. The van der Waals surface area contributed by atoms with Gasteiger partial charge in [-0.1, -0.05) is 54.1 Å². The molecule has 0 bridgehead atoms. The first-order valence-electron chi connectivity index (χ1n) is 9.60. The molecule has 1 aliphatic rings. The van der Waals surface area contributed by atoms with Gasteiger partial charge < -0.3 is 5.32 Å². The summed E-state index contributed by atoms with van der Waals surface area (Å²) in [6.45, 7) is 0. The predicted octanol–water partition coefficient (Wildman–Crippen LogP) is 4.51. The Morgan fingerprint density at radius 1 is 0.800 bits per heavy atom. The Bertz CT molecular complexity index is 1060. The van der Waals surface area contributed by atoms with Crippen LogP contribution in [0.25, 0.3) is 0 Å². The molecule has 0 spiro atoms. The van der Waals surface area contributed by atoms with E-state index in [1.165, 1.54) is 4.90 Å². The summed E-state index contributed by atoms with van der Waals surface area (Å²) in [5.74, 6) is -0.697. The molecule has 1 fully saturated rings. The van der Waals surface area contributed by atoms with Gasteiger partial charge in [0.05, 0.1) is 11.7 Å². The number of benzene rings is 3. The van der Waals surface area contributed by atoms with Gasteiger partial charge in [-0.2, -0.15) is 0 Å². The van der Waals surface area contributed by atoms with Crippen LogP contribution >= 0.6 is 11.6 Å². The first-order chi connectivity index (χ1) is 14.5. The van der Waals surface area contributed by atoms with E-state index in [-0.39, 0.29) is 36.6 Å². The van der Waals surface area contributed by atoms with Crippen molar-refractivity contribution in [1.82, 2.24) is 5.32 Å². The molecule has 3 amide bonds. The van der Waals surface area contributed by atoms with Gasteiger partial charge in [-0.15, -0.1) is 0 Å². The molecule has 3 aromatic carbocycles. The van der Waals surface area contributed by atoms with Crippen molar-refractivity contribution in [1.29, 1.82) is 0 Å². The second-order valence-corrected chi connectivity index (χ2v) is 7.47. The van der Waals surface area contributed by atoms with Crippen molar-refractivity contribution in [3.8, 4) is 0 Å². The predicted molar refractivity (Wildman–Crippen MR) is 115 cm³/mol. The van der Waals surface area contributed by atoms with Crippen molar-refractivity contribution < 1.29 is 14.4 Å². The number of amides is 3. The Labute approximate surface area is 179 Å². The fourth-order valence-electron chi connectivity index (χ4n) is 3.50. The van der Waals surface area contributed by atoms with Crippen molar-refractivity contribution in [3.63, 3.8) is 0 Å². The topological polar surface area (TPSA) is 66.5 Å². The summed E-state index contributed by atoms with van der Waals surface area (Å²) in [5, 5.41) is 3.69. The van der Waals surface area contributed by atoms with Crippen LogP contribution in [0.2, 0.25) is 5.02 Å². The molecule has 0 aliphatic carbocycles. The number of imide groups is 1. The minimum Gasteiger partial charge on any atom is -0.341 e. The van der Waals surface area contributed by atoms with Crippen LogP contribution < -0.4 is 10.2 Å². The van der Waals surface area contributed by atoms with Crippen LogP contribution in [0.1, 0.15) is 40.4 Å². The van der Waals surface area contributed by atoms with E-state index in [4.69, 9.17) is 11.6 Å². The molecule has 0 saturated carbocycles. The Hall–Kier alpha value is -3.44. The zero-order valence-corrected chi connectivity index (χ0v) is 16.8. The van der Waals surface area contributed by atoms with E-state index in [2.05, 4.69) is 5.32 Å². The molecule has 1 unspecified atom stereocenters. The van der Waals surface area contributed by atoms with E-state index in [9.17, 15) is 14.4 Å². The second-order valence-electron chi connectivity index (χ2n) is 7.04. The van der Waals surface area contributed by atoms with Crippen LogP contribution in [-0.2, 0) is 9.59 Å². The maximum atomic E-state index is 12.9. The quantitative estimate of drug-likeness (QED) is 0.620. The average Bonchev–Trinajstić information content (AvgIpc) is 3.11. The Morgan fingerprint density at radius 2 is 1.37 bits per heavy atom. The Balaban J connectivity index is 1.57. The molecule has 6 heteroatoms. The molecular weight excluding hydrogens is 400 g/mol. The third-order valence-corrected chi connectivity index (χ3v) is 5.30. The van der Waals surface area contributed by atoms with Crippen molar-refractivity contribution in [2.75, 3.05) is 4.90 Å². The maximum absolute atomic E-state index is 12.9. The van der Waals surface area contributed by atoms with E-state index in [1.807, 2.05) is 42.5 Å². The van der Waals surface area contributed by atoms with Crippen molar-refractivity contribution in [3.05, 3.63) is 101 Å². The highest BCUT2D eigenvalue weighted by molar-refractivity contribution is 6.30. The largest absolute Gasteiger partial charge is 0.341 e. The molecule has 1 aliphatic heterocycles. The molecule has 1 saturated heterocycles. The molecule has 30 heavy (non-hydrogen) atoms. The van der Waals surface area contributed by atoms with Gasteiger partial charge in [0, 0.05) is 23.4 Å². The zero-order valence-electron chi connectivity index (χ0n) is 16.0. The van der Waals surface area contributed by atoms with Gasteiger partial charge >= 0.3 is 0 Å². The van der Waals surface area contributed by atoms with E-state index in [0.717, 1.165) is 11.1 Å². The maximum Gasteiger partial charge on any atom is 0.252 e. The van der Waals surface area contributed by atoms with Gasteiger partial charge in [-0.05, 0) is 47.5 Å². The number of nitrogens with zero attached hydrogens (tertiary/aromatic N) is 1. The highest BCUT2D eigenvalue weighted by Crippen LogP contribution is 2.25. The van der Waals surface area contributed by atoms with E-state index in [0.29, 0.717) is 16.3 Å². The fourth-order valence-corrected chi connectivity index (χ4v) is 3.63. The summed E-state index contributed by atoms with van der Waals surface area (Å²) in [5.41, 5.74) is 2.77. The van der Waals surface area contributed by atoms with E-state index in [1.54, 1.807) is 36.4 Å². The summed E-state index contributed by atoms with van der Waals surface area (Å²) in [7, 11) is 0. The SMILES string of the molecule is O=C(NC(c1ccccc1)c1ccc(Cl)cc1)c1ccc(N2C(=O)CCC2=O)cc1. The lowest BCUT2D eigenvalue weighted by atomic mass is 9.98. The third-order valence-electron chi connectivity index (χ3n) is 5.05. The van der Waals surface area contributed by atoms with Crippen LogP contribution in [0.3, 0.4) is 0 Å². The van der Waals surface area contributed by atoms with Gasteiger partial charge in [0.2, 0.25) is 11.8 Å². The first kappa shape index (κ1) is 19.9. The van der Waals surface area contributed by atoms with Gasteiger partial charge in [0.15, 0.2) is 0 Å². The van der Waals surface area contributed by atoms with Gasteiger partial charge in [-0.25, -0.2) is 0 Å². The van der Waals surface area contributed by atoms with Gasteiger partial charge in [0.25, 0.3) is 5.91 Å². The van der Waals surface area contributed by atoms with E-state index < -0.39 is 0 Å². The number of anilines is 1. The normalized spacial score (nSPS) is 14.6. The molecular formula is C24H19ClN2O3. The lowest BCUT2D eigenvalue weighted by Crippen LogP contribution is -2.30. The summed E-state index contributed by atoms with van der Waals surface area (Å²) < 4.78 is 0. The van der Waals surface area contributed by atoms with Crippen LogP contribution in [0.15, 0.2) is 78.9 Å². The van der Waals surface area contributed by atoms with E-state index >= 15 is 0 Å². The molecule has 1 N–H and O–H groups in total.